The first-order chi connectivity index (χ1) is 18.5. The second kappa shape index (κ2) is 10.9. The molecule has 38 heavy (non-hydrogen) atoms. The summed E-state index contributed by atoms with van der Waals surface area (Å²) in [6.45, 7) is 7.01. The molecule has 0 aliphatic heterocycles. The summed E-state index contributed by atoms with van der Waals surface area (Å²) in [5.41, 5.74) is 10.3. The van der Waals surface area contributed by atoms with Crippen LogP contribution in [0.15, 0.2) is 92.4 Å². The third kappa shape index (κ3) is 5.52. The summed E-state index contributed by atoms with van der Waals surface area (Å²) in [5, 5.41) is 4.28. The van der Waals surface area contributed by atoms with E-state index in [4.69, 9.17) is 15.2 Å². The predicted molar refractivity (Wildman–Crippen MR) is 151 cm³/mol. The van der Waals surface area contributed by atoms with Crippen LogP contribution in [0.25, 0.3) is 10.9 Å². The average molecular weight is 508 g/mol. The number of imidazole rings is 1. The van der Waals surface area contributed by atoms with Crippen LogP contribution in [0.1, 0.15) is 5.56 Å². The number of benzene rings is 3. The molecule has 0 aliphatic carbocycles. The predicted octanol–water partition coefficient (Wildman–Crippen LogP) is 5.91. The number of hydrogen-bond acceptors (Lipinski definition) is 8. The minimum atomic E-state index is 0.526. The summed E-state index contributed by atoms with van der Waals surface area (Å²) < 4.78 is 14.0. The molecule has 0 aliphatic rings. The standard InChI is InChI=1S/C29H29N7O2/c1-4-35(3)27-9-7-23(17-25(27)30)38-28-10-5-21(15-20(28)2)34-29-24-16-22(6-8-26(24)32-18-33-29)37-14-13-36-12-11-31-19-36/h4-12,15-19H,1,13-14,30H2,2-3H3,(H,32,33,34). The first-order valence-electron chi connectivity index (χ1n) is 12.1. The van der Waals surface area contributed by atoms with Gasteiger partial charge in [-0.3, -0.25) is 0 Å². The van der Waals surface area contributed by atoms with E-state index in [1.807, 2.05) is 84.2 Å². The van der Waals surface area contributed by atoms with Crippen LogP contribution in [0.4, 0.5) is 22.9 Å². The summed E-state index contributed by atoms with van der Waals surface area (Å²) in [7, 11) is 1.90. The maximum Gasteiger partial charge on any atom is 0.141 e. The summed E-state index contributed by atoms with van der Waals surface area (Å²) in [6.07, 6.45) is 8.69. The molecule has 0 bridgehead atoms. The Kier molecular flexibility index (Phi) is 7.08. The Morgan fingerprint density at radius 3 is 2.71 bits per heavy atom. The van der Waals surface area contributed by atoms with Gasteiger partial charge in [0.25, 0.3) is 0 Å². The Hall–Kier alpha value is -5.05. The van der Waals surface area contributed by atoms with Gasteiger partial charge in [0.2, 0.25) is 0 Å². The summed E-state index contributed by atoms with van der Waals surface area (Å²) in [4.78, 5) is 14.8. The van der Waals surface area contributed by atoms with E-state index in [1.165, 1.54) is 0 Å². The molecule has 0 saturated carbocycles. The number of hydrogen-bond donors (Lipinski definition) is 2. The van der Waals surface area contributed by atoms with E-state index < -0.39 is 0 Å². The summed E-state index contributed by atoms with van der Waals surface area (Å²) in [6, 6.07) is 17.3. The topological polar surface area (TPSA) is 103 Å². The first-order valence-corrected chi connectivity index (χ1v) is 12.1. The van der Waals surface area contributed by atoms with Crippen LogP contribution >= 0.6 is 0 Å². The van der Waals surface area contributed by atoms with Gasteiger partial charge in [0.05, 0.1) is 29.8 Å². The Labute approximate surface area is 221 Å². The summed E-state index contributed by atoms with van der Waals surface area (Å²) in [5.74, 6) is 2.84. The minimum Gasteiger partial charge on any atom is -0.492 e. The number of nitrogens with one attached hydrogen (secondary N) is 1. The number of aryl methyl sites for hydroxylation is 1. The van der Waals surface area contributed by atoms with Gasteiger partial charge < -0.3 is 30.0 Å². The lowest BCUT2D eigenvalue weighted by atomic mass is 10.1. The number of nitrogens with zero attached hydrogens (tertiary/aromatic N) is 5. The van der Waals surface area contributed by atoms with E-state index in [1.54, 1.807) is 25.1 Å². The van der Waals surface area contributed by atoms with Gasteiger partial charge in [-0.1, -0.05) is 6.58 Å². The van der Waals surface area contributed by atoms with E-state index in [-0.39, 0.29) is 0 Å². The van der Waals surface area contributed by atoms with Gasteiger partial charge in [-0.2, -0.15) is 0 Å². The molecule has 0 unspecified atom stereocenters. The third-order valence-electron chi connectivity index (χ3n) is 6.10. The SMILES string of the molecule is C=CN(C)c1ccc(Oc2ccc(Nc3ncnc4ccc(OCCn5ccnc5)cc34)cc2C)cc1N. The lowest BCUT2D eigenvalue weighted by Crippen LogP contribution is -2.09. The van der Waals surface area contributed by atoms with Gasteiger partial charge in [0.15, 0.2) is 0 Å². The van der Waals surface area contributed by atoms with Crippen molar-refractivity contribution in [3.8, 4) is 17.2 Å². The van der Waals surface area contributed by atoms with Gasteiger partial charge in [0, 0.05) is 36.6 Å². The van der Waals surface area contributed by atoms with E-state index >= 15 is 0 Å². The highest BCUT2D eigenvalue weighted by atomic mass is 16.5. The normalized spacial score (nSPS) is 10.8. The molecule has 0 amide bonds. The quantitative estimate of drug-likeness (QED) is 0.225. The molecule has 0 fully saturated rings. The van der Waals surface area contributed by atoms with Crippen LogP contribution in [0.3, 0.4) is 0 Å². The fraction of sp³-hybridized carbons (Fsp3) is 0.138. The van der Waals surface area contributed by atoms with Crippen LogP contribution in [0.5, 0.6) is 17.2 Å². The second-order valence-corrected chi connectivity index (χ2v) is 8.77. The molecule has 3 aromatic carbocycles. The fourth-order valence-corrected chi connectivity index (χ4v) is 4.03. The zero-order valence-corrected chi connectivity index (χ0v) is 21.3. The fourth-order valence-electron chi connectivity index (χ4n) is 4.03. The van der Waals surface area contributed by atoms with Crippen molar-refractivity contribution in [2.24, 2.45) is 0 Å². The number of aromatic nitrogens is 4. The Balaban J connectivity index is 1.30. The van der Waals surface area contributed by atoms with Crippen molar-refractivity contribution in [1.29, 1.82) is 0 Å². The van der Waals surface area contributed by atoms with Crippen molar-refractivity contribution >= 4 is 33.8 Å². The van der Waals surface area contributed by atoms with Crippen LogP contribution in [-0.4, -0.2) is 33.2 Å². The van der Waals surface area contributed by atoms with Crippen molar-refractivity contribution in [3.05, 3.63) is 98.0 Å². The lowest BCUT2D eigenvalue weighted by molar-refractivity contribution is 0.298. The monoisotopic (exact) mass is 507 g/mol. The number of anilines is 4. The van der Waals surface area contributed by atoms with Crippen LogP contribution in [0.2, 0.25) is 0 Å². The van der Waals surface area contributed by atoms with Crippen LogP contribution in [-0.2, 0) is 6.54 Å². The molecule has 9 nitrogen and oxygen atoms in total. The van der Waals surface area contributed by atoms with Crippen LogP contribution in [0, 0.1) is 6.92 Å². The molecule has 5 aromatic rings. The maximum absolute atomic E-state index is 6.20. The molecule has 5 rings (SSSR count). The molecular weight excluding hydrogens is 478 g/mol. The highest BCUT2D eigenvalue weighted by Gasteiger charge is 2.10. The number of fused-ring (bicyclic) bond motifs is 1. The van der Waals surface area contributed by atoms with E-state index in [9.17, 15) is 0 Å². The molecule has 192 valence electrons. The molecule has 0 saturated heterocycles. The second-order valence-electron chi connectivity index (χ2n) is 8.77. The minimum absolute atomic E-state index is 0.526. The zero-order chi connectivity index (χ0) is 26.5. The number of nitrogens with two attached hydrogens (primary N) is 1. The van der Waals surface area contributed by atoms with Gasteiger partial charge in [0.1, 0.15) is 36.0 Å². The smallest absolute Gasteiger partial charge is 0.141 e. The number of ether oxygens (including phenoxy) is 2. The third-order valence-corrected chi connectivity index (χ3v) is 6.10. The zero-order valence-electron chi connectivity index (χ0n) is 21.3. The van der Waals surface area contributed by atoms with Crippen molar-refractivity contribution < 1.29 is 9.47 Å². The number of rotatable bonds is 10. The molecule has 0 radical (unpaired) electrons. The maximum atomic E-state index is 6.20. The molecule has 9 heteroatoms. The number of nitrogen functional groups attached to an aromatic ring is 1. The van der Waals surface area contributed by atoms with Crippen molar-refractivity contribution in [2.45, 2.75) is 13.5 Å². The highest BCUT2D eigenvalue weighted by Crippen LogP contribution is 2.33. The Morgan fingerprint density at radius 1 is 1.08 bits per heavy atom. The van der Waals surface area contributed by atoms with Crippen molar-refractivity contribution in [1.82, 2.24) is 19.5 Å². The van der Waals surface area contributed by atoms with Crippen LogP contribution < -0.4 is 25.4 Å². The van der Waals surface area contributed by atoms with Crippen molar-refractivity contribution in [2.75, 3.05) is 29.6 Å². The molecule has 0 spiro atoms. The molecule has 3 N–H and O–H groups in total. The van der Waals surface area contributed by atoms with Gasteiger partial charge in [-0.25, -0.2) is 15.0 Å². The van der Waals surface area contributed by atoms with E-state index in [2.05, 4.69) is 26.8 Å². The van der Waals surface area contributed by atoms with E-state index in [0.29, 0.717) is 30.4 Å². The highest BCUT2D eigenvalue weighted by molar-refractivity contribution is 5.91. The first kappa shape index (κ1) is 24.6. The van der Waals surface area contributed by atoms with Gasteiger partial charge >= 0.3 is 0 Å². The molecule has 0 atom stereocenters. The van der Waals surface area contributed by atoms with Gasteiger partial charge in [-0.15, -0.1) is 0 Å². The van der Waals surface area contributed by atoms with Crippen molar-refractivity contribution in [3.63, 3.8) is 0 Å². The molecule has 2 heterocycles. The summed E-state index contributed by atoms with van der Waals surface area (Å²) >= 11 is 0. The van der Waals surface area contributed by atoms with Gasteiger partial charge in [-0.05, 0) is 67.2 Å². The Morgan fingerprint density at radius 2 is 1.95 bits per heavy atom. The lowest BCUT2D eigenvalue weighted by Gasteiger charge is -2.17. The van der Waals surface area contributed by atoms with E-state index in [0.717, 1.165) is 39.3 Å². The molecule has 2 aromatic heterocycles. The average Bonchev–Trinajstić information content (AvgIpc) is 3.44. The Bertz CT molecular complexity index is 1570. The largest absolute Gasteiger partial charge is 0.492 e. The molecular formula is C29H29N7O2.